The lowest BCUT2D eigenvalue weighted by Crippen LogP contribution is -2.68. The van der Waals surface area contributed by atoms with Crippen LogP contribution < -0.4 is 10.5 Å². The Bertz CT molecular complexity index is 742. The molecule has 0 bridgehead atoms. The lowest BCUT2D eigenvalue weighted by atomic mass is 10.0. The van der Waals surface area contributed by atoms with Gasteiger partial charge in [-0.1, -0.05) is 24.3 Å². The van der Waals surface area contributed by atoms with Crippen molar-refractivity contribution in [3.63, 3.8) is 0 Å². The van der Waals surface area contributed by atoms with E-state index in [1.165, 1.54) is 4.90 Å². The van der Waals surface area contributed by atoms with Crippen molar-refractivity contribution >= 4 is 23.6 Å². The van der Waals surface area contributed by atoms with E-state index in [9.17, 15) is 9.59 Å². The van der Waals surface area contributed by atoms with Gasteiger partial charge in [0.05, 0.1) is 7.11 Å². The number of thioether (sulfide) groups is 1. The average molecular weight is 360 g/mol. The summed E-state index contributed by atoms with van der Waals surface area (Å²) in [5.41, 5.74) is 7.77. The summed E-state index contributed by atoms with van der Waals surface area (Å²) in [6.07, 6.45) is 3.68. The summed E-state index contributed by atoms with van der Waals surface area (Å²) in [6, 6.07) is 6.72. The first-order valence-electron chi connectivity index (χ1n) is 7.93. The molecule has 0 aromatic heterocycles. The molecule has 7 heteroatoms. The van der Waals surface area contributed by atoms with Gasteiger partial charge in [-0.25, -0.2) is 4.79 Å². The number of carbonyl (C=O) groups excluding carboxylic acids is 2. The number of fused-ring (bicyclic) bond motifs is 1. The van der Waals surface area contributed by atoms with Crippen LogP contribution in [0.5, 0.6) is 5.75 Å². The quantitative estimate of drug-likeness (QED) is 0.637. The fourth-order valence-electron chi connectivity index (χ4n) is 2.80. The highest BCUT2D eigenvalue weighted by Gasteiger charge is 2.51. The third-order valence-electron chi connectivity index (χ3n) is 4.13. The Morgan fingerprint density at radius 3 is 2.76 bits per heavy atom. The molecule has 1 aromatic rings. The first-order valence-corrected chi connectivity index (χ1v) is 8.98. The highest BCUT2D eigenvalue weighted by atomic mass is 32.2. The third-order valence-corrected chi connectivity index (χ3v) is 5.45. The third kappa shape index (κ3) is 3.29. The van der Waals surface area contributed by atoms with E-state index in [1.807, 2.05) is 31.2 Å². The molecule has 1 aromatic carbocycles. The summed E-state index contributed by atoms with van der Waals surface area (Å²) < 4.78 is 10.5. The molecule has 0 aliphatic carbocycles. The largest absolute Gasteiger partial charge is 0.497 e. The molecule has 2 heterocycles. The van der Waals surface area contributed by atoms with Crippen molar-refractivity contribution < 1.29 is 19.1 Å². The van der Waals surface area contributed by atoms with Gasteiger partial charge in [0.25, 0.3) is 0 Å². The molecule has 6 nitrogen and oxygen atoms in total. The number of amides is 1. The number of nitrogens with two attached hydrogens (primary N) is 1. The molecule has 2 atom stereocenters. The molecule has 132 valence electrons. The minimum absolute atomic E-state index is 0.126. The van der Waals surface area contributed by atoms with Crippen molar-refractivity contribution in [2.24, 2.45) is 5.73 Å². The Kier molecular flexibility index (Phi) is 5.15. The average Bonchev–Trinajstić information content (AvgIpc) is 2.65. The number of carbonyl (C=O) groups is 2. The number of hydrogen-bond donors (Lipinski definition) is 1. The molecular formula is C18H20N2O4S. The molecule has 1 saturated heterocycles. The lowest BCUT2D eigenvalue weighted by molar-refractivity contribution is -0.151. The van der Waals surface area contributed by atoms with Crippen molar-refractivity contribution in [2.45, 2.75) is 24.9 Å². The van der Waals surface area contributed by atoms with E-state index in [2.05, 4.69) is 0 Å². The Labute approximate surface area is 150 Å². The maximum atomic E-state index is 12.6. The number of benzene rings is 1. The van der Waals surface area contributed by atoms with Crippen LogP contribution in [0, 0.1) is 0 Å². The number of rotatable bonds is 5. The standard InChI is InChI=1S/C18H20N2O4S/c1-3-4-12-10-25-17-14(19)16(21)20(17)15(12)18(22)24-9-11-5-7-13(23-2)8-6-11/h3-8,14,17H,9-10,19H2,1-2H3/t14?,17-/m0/s1. The van der Waals surface area contributed by atoms with E-state index < -0.39 is 12.0 Å². The van der Waals surface area contributed by atoms with E-state index in [4.69, 9.17) is 15.2 Å². The van der Waals surface area contributed by atoms with Gasteiger partial charge < -0.3 is 15.2 Å². The van der Waals surface area contributed by atoms with Gasteiger partial charge in [0.15, 0.2) is 0 Å². The summed E-state index contributed by atoms with van der Waals surface area (Å²) in [5.74, 6) is 0.616. The van der Waals surface area contributed by atoms with Crippen LogP contribution in [0.25, 0.3) is 0 Å². The zero-order chi connectivity index (χ0) is 18.0. The topological polar surface area (TPSA) is 81.9 Å². The summed E-state index contributed by atoms with van der Waals surface area (Å²) in [5, 5.41) is -0.190. The monoisotopic (exact) mass is 360 g/mol. The Morgan fingerprint density at radius 1 is 1.40 bits per heavy atom. The molecule has 2 aliphatic heterocycles. The van der Waals surface area contributed by atoms with Crippen LogP contribution in [0.4, 0.5) is 0 Å². The SMILES string of the molecule is CC=CC1=C(C(=O)OCc2ccc(OC)cc2)N2C(=O)C(N)[C@@H]2SC1. The van der Waals surface area contributed by atoms with Gasteiger partial charge in [-0.3, -0.25) is 9.69 Å². The number of ether oxygens (including phenoxy) is 2. The molecule has 1 amide bonds. The van der Waals surface area contributed by atoms with E-state index >= 15 is 0 Å². The predicted octanol–water partition coefficient (Wildman–Crippen LogP) is 1.81. The first-order chi connectivity index (χ1) is 12.1. The van der Waals surface area contributed by atoms with Crippen LogP contribution in [0.15, 0.2) is 47.7 Å². The fraction of sp³-hybridized carbons (Fsp3) is 0.333. The van der Waals surface area contributed by atoms with Gasteiger partial charge in [0.2, 0.25) is 5.91 Å². The summed E-state index contributed by atoms with van der Waals surface area (Å²) in [7, 11) is 1.59. The van der Waals surface area contributed by atoms with Gasteiger partial charge in [0, 0.05) is 5.75 Å². The van der Waals surface area contributed by atoms with Gasteiger partial charge in [0.1, 0.15) is 29.5 Å². The highest BCUT2D eigenvalue weighted by molar-refractivity contribution is 8.00. The first kappa shape index (κ1) is 17.6. The van der Waals surface area contributed by atoms with Crippen molar-refractivity contribution in [1.29, 1.82) is 0 Å². The summed E-state index contributed by atoms with van der Waals surface area (Å²) >= 11 is 1.56. The predicted molar refractivity (Wildman–Crippen MR) is 95.7 cm³/mol. The van der Waals surface area contributed by atoms with Crippen LogP contribution in [0.1, 0.15) is 12.5 Å². The second kappa shape index (κ2) is 7.33. The van der Waals surface area contributed by atoms with E-state index in [-0.39, 0.29) is 17.9 Å². The molecule has 2 N–H and O–H groups in total. The second-order valence-corrected chi connectivity index (χ2v) is 6.84. The van der Waals surface area contributed by atoms with E-state index in [0.29, 0.717) is 11.4 Å². The minimum Gasteiger partial charge on any atom is -0.497 e. The lowest BCUT2D eigenvalue weighted by Gasteiger charge is -2.48. The normalized spacial score (nSPS) is 22.7. The highest BCUT2D eigenvalue weighted by Crippen LogP contribution is 2.40. The zero-order valence-corrected chi connectivity index (χ0v) is 14.9. The zero-order valence-electron chi connectivity index (χ0n) is 14.1. The Balaban J connectivity index is 1.76. The van der Waals surface area contributed by atoms with Crippen LogP contribution in [0.2, 0.25) is 0 Å². The van der Waals surface area contributed by atoms with Crippen LogP contribution in [-0.4, -0.2) is 41.1 Å². The van der Waals surface area contributed by atoms with Crippen LogP contribution >= 0.6 is 11.8 Å². The maximum absolute atomic E-state index is 12.6. The smallest absolute Gasteiger partial charge is 0.355 e. The van der Waals surface area contributed by atoms with E-state index in [1.54, 1.807) is 31.0 Å². The Morgan fingerprint density at radius 2 is 2.12 bits per heavy atom. The molecule has 25 heavy (non-hydrogen) atoms. The molecule has 0 spiro atoms. The summed E-state index contributed by atoms with van der Waals surface area (Å²) in [6.45, 7) is 2.00. The number of nitrogens with zero attached hydrogens (tertiary/aromatic N) is 1. The van der Waals surface area contributed by atoms with Gasteiger partial charge in [-0.05, 0) is 30.2 Å². The molecule has 3 rings (SSSR count). The van der Waals surface area contributed by atoms with Gasteiger partial charge >= 0.3 is 5.97 Å². The van der Waals surface area contributed by atoms with Gasteiger partial charge in [-0.2, -0.15) is 0 Å². The molecular weight excluding hydrogens is 340 g/mol. The number of β-lactam (4-membered cyclic amide) rings is 1. The molecule has 0 saturated carbocycles. The van der Waals surface area contributed by atoms with Crippen molar-refractivity contribution in [3.05, 3.63) is 53.3 Å². The molecule has 1 unspecified atom stereocenters. The van der Waals surface area contributed by atoms with E-state index in [0.717, 1.165) is 16.9 Å². The summed E-state index contributed by atoms with van der Waals surface area (Å²) in [4.78, 5) is 26.2. The van der Waals surface area contributed by atoms with Crippen molar-refractivity contribution in [2.75, 3.05) is 12.9 Å². The fourth-order valence-corrected chi connectivity index (χ4v) is 4.06. The Hall–Kier alpha value is -2.25. The van der Waals surface area contributed by atoms with Crippen LogP contribution in [0.3, 0.4) is 0 Å². The second-order valence-electron chi connectivity index (χ2n) is 5.73. The number of methoxy groups -OCH3 is 1. The number of hydrogen-bond acceptors (Lipinski definition) is 6. The molecule has 2 aliphatic rings. The van der Waals surface area contributed by atoms with Crippen LogP contribution in [-0.2, 0) is 20.9 Å². The minimum atomic E-state index is -0.554. The van der Waals surface area contributed by atoms with Crippen molar-refractivity contribution in [1.82, 2.24) is 4.90 Å². The number of allylic oxidation sites excluding steroid dienone is 2. The number of esters is 1. The van der Waals surface area contributed by atoms with Gasteiger partial charge in [-0.15, -0.1) is 11.8 Å². The maximum Gasteiger partial charge on any atom is 0.355 e. The molecule has 0 radical (unpaired) electrons. The van der Waals surface area contributed by atoms with Crippen molar-refractivity contribution in [3.8, 4) is 5.75 Å². The molecule has 1 fully saturated rings.